The average molecular weight is 450 g/mol. The number of unbranched alkanes of at least 4 members (excludes halogenated alkanes) is 1. The van der Waals surface area contributed by atoms with Crippen molar-refractivity contribution in [3.8, 4) is 0 Å². The number of carbonyl (C=O) groups excluding carboxylic acids is 2. The molecule has 1 aliphatic heterocycles. The van der Waals surface area contributed by atoms with Gasteiger partial charge in [0.2, 0.25) is 5.91 Å². The number of fused-ring (bicyclic) bond motifs is 1. The van der Waals surface area contributed by atoms with Gasteiger partial charge in [0.25, 0.3) is 0 Å². The largest absolute Gasteiger partial charge is 0.465 e. The van der Waals surface area contributed by atoms with Crippen molar-refractivity contribution in [1.82, 2.24) is 4.90 Å². The number of carbonyl (C=O) groups is 2. The molecule has 0 bridgehead atoms. The SMILES string of the molecule is CC.CCCCC(CC)COC(=O)CCSc1ccc2c(c1)CCN(C(=O)C(C)C)C2. The highest BCUT2D eigenvalue weighted by atomic mass is 32.2. The number of hydrogen-bond donors (Lipinski definition) is 0. The second-order valence-electron chi connectivity index (χ2n) is 8.29. The lowest BCUT2D eigenvalue weighted by Crippen LogP contribution is -2.38. The lowest BCUT2D eigenvalue weighted by atomic mass is 9.99. The molecule has 0 saturated carbocycles. The molecule has 4 nitrogen and oxygen atoms in total. The number of rotatable bonds is 11. The highest BCUT2D eigenvalue weighted by Gasteiger charge is 2.22. The highest BCUT2D eigenvalue weighted by molar-refractivity contribution is 7.99. The molecule has 1 unspecified atom stereocenters. The molecule has 5 heteroatoms. The summed E-state index contributed by atoms with van der Waals surface area (Å²) in [5.74, 6) is 1.42. The summed E-state index contributed by atoms with van der Waals surface area (Å²) in [6, 6.07) is 6.46. The first-order chi connectivity index (χ1) is 14.9. The molecule has 0 spiro atoms. The number of esters is 1. The molecule has 1 aromatic carbocycles. The maximum absolute atomic E-state index is 12.2. The van der Waals surface area contributed by atoms with Gasteiger partial charge < -0.3 is 9.64 Å². The monoisotopic (exact) mass is 449 g/mol. The number of nitrogens with zero attached hydrogens (tertiary/aromatic N) is 1. The normalized spacial score (nSPS) is 13.8. The third-order valence-corrected chi connectivity index (χ3v) is 6.59. The highest BCUT2D eigenvalue weighted by Crippen LogP contribution is 2.27. The smallest absolute Gasteiger partial charge is 0.306 e. The van der Waals surface area contributed by atoms with Crippen molar-refractivity contribution in [3.63, 3.8) is 0 Å². The summed E-state index contributed by atoms with van der Waals surface area (Å²) in [6.07, 6.45) is 5.95. The van der Waals surface area contributed by atoms with Gasteiger partial charge in [0.1, 0.15) is 0 Å². The predicted molar refractivity (Wildman–Crippen MR) is 131 cm³/mol. The Bertz CT molecular complexity index is 675. The topological polar surface area (TPSA) is 46.6 Å². The molecule has 1 amide bonds. The van der Waals surface area contributed by atoms with Gasteiger partial charge in [-0.1, -0.05) is 66.9 Å². The van der Waals surface area contributed by atoms with Crippen LogP contribution in [0.1, 0.15) is 84.8 Å². The molecule has 1 atom stereocenters. The lowest BCUT2D eigenvalue weighted by molar-refractivity contribution is -0.144. The zero-order valence-corrected chi connectivity index (χ0v) is 21.4. The van der Waals surface area contributed by atoms with Crippen molar-refractivity contribution in [2.75, 3.05) is 18.9 Å². The molecule has 0 aromatic heterocycles. The van der Waals surface area contributed by atoms with E-state index in [-0.39, 0.29) is 17.8 Å². The summed E-state index contributed by atoms with van der Waals surface area (Å²) >= 11 is 1.71. The molecule has 2 rings (SSSR count). The molecule has 0 aliphatic carbocycles. The van der Waals surface area contributed by atoms with Crippen LogP contribution in [0.4, 0.5) is 0 Å². The second-order valence-corrected chi connectivity index (χ2v) is 9.46. The van der Waals surface area contributed by atoms with Gasteiger partial charge in [0.15, 0.2) is 0 Å². The quantitative estimate of drug-likeness (QED) is 0.286. The van der Waals surface area contributed by atoms with Crippen LogP contribution in [0, 0.1) is 11.8 Å². The Kier molecular flexibility index (Phi) is 13.6. The van der Waals surface area contributed by atoms with Crippen LogP contribution in [-0.4, -0.2) is 35.7 Å². The summed E-state index contributed by atoms with van der Waals surface area (Å²) < 4.78 is 5.48. The van der Waals surface area contributed by atoms with Crippen LogP contribution < -0.4 is 0 Å². The van der Waals surface area contributed by atoms with Gasteiger partial charge in [-0.15, -0.1) is 11.8 Å². The van der Waals surface area contributed by atoms with Gasteiger partial charge in [-0.05, 0) is 42.0 Å². The van der Waals surface area contributed by atoms with E-state index in [1.165, 1.54) is 28.9 Å². The van der Waals surface area contributed by atoms with Crippen LogP contribution in [0.15, 0.2) is 23.1 Å². The van der Waals surface area contributed by atoms with Gasteiger partial charge in [-0.25, -0.2) is 0 Å². The van der Waals surface area contributed by atoms with Crippen LogP contribution in [0.2, 0.25) is 0 Å². The Morgan fingerprint density at radius 1 is 1.16 bits per heavy atom. The molecule has 0 radical (unpaired) electrons. The summed E-state index contributed by atoms with van der Waals surface area (Å²) in [5, 5.41) is 0. The van der Waals surface area contributed by atoms with E-state index in [0.717, 1.165) is 31.6 Å². The van der Waals surface area contributed by atoms with Gasteiger partial charge in [0, 0.05) is 29.7 Å². The van der Waals surface area contributed by atoms with Gasteiger partial charge in [0.05, 0.1) is 13.0 Å². The molecule has 31 heavy (non-hydrogen) atoms. The minimum atomic E-state index is -0.0896. The zero-order valence-electron chi connectivity index (χ0n) is 20.5. The third kappa shape index (κ3) is 9.67. The van der Waals surface area contributed by atoms with E-state index in [0.29, 0.717) is 25.5 Å². The fourth-order valence-electron chi connectivity index (χ4n) is 3.61. The third-order valence-electron chi connectivity index (χ3n) is 5.59. The van der Waals surface area contributed by atoms with Gasteiger partial charge >= 0.3 is 5.97 Å². The van der Waals surface area contributed by atoms with E-state index in [2.05, 4.69) is 32.0 Å². The molecule has 0 fully saturated rings. The van der Waals surface area contributed by atoms with Crippen molar-refractivity contribution in [2.45, 2.75) is 91.5 Å². The molecule has 0 N–H and O–H groups in total. The number of thioether (sulfide) groups is 1. The van der Waals surface area contributed by atoms with E-state index in [1.807, 2.05) is 32.6 Å². The molecule has 1 aromatic rings. The van der Waals surface area contributed by atoms with Crippen LogP contribution >= 0.6 is 11.8 Å². The Hall–Kier alpha value is -1.49. The summed E-state index contributed by atoms with van der Waals surface area (Å²) in [6.45, 7) is 14.3. The number of hydrogen-bond acceptors (Lipinski definition) is 4. The summed E-state index contributed by atoms with van der Waals surface area (Å²) in [4.78, 5) is 27.4. The first kappa shape index (κ1) is 27.5. The Morgan fingerprint density at radius 2 is 1.90 bits per heavy atom. The van der Waals surface area contributed by atoms with Crippen molar-refractivity contribution in [2.24, 2.45) is 11.8 Å². The molecular formula is C26H43NO3S. The molecular weight excluding hydrogens is 406 g/mol. The minimum Gasteiger partial charge on any atom is -0.465 e. The van der Waals surface area contributed by atoms with E-state index < -0.39 is 0 Å². The Morgan fingerprint density at radius 3 is 2.55 bits per heavy atom. The molecule has 1 heterocycles. The van der Waals surface area contributed by atoms with Crippen molar-refractivity contribution in [3.05, 3.63) is 29.3 Å². The van der Waals surface area contributed by atoms with Crippen LogP contribution in [0.5, 0.6) is 0 Å². The Balaban J connectivity index is 0.00000233. The first-order valence-corrected chi connectivity index (χ1v) is 13.1. The lowest BCUT2D eigenvalue weighted by Gasteiger charge is -2.30. The maximum Gasteiger partial charge on any atom is 0.306 e. The summed E-state index contributed by atoms with van der Waals surface area (Å²) in [7, 11) is 0. The number of ether oxygens (including phenoxy) is 1. The van der Waals surface area contributed by atoms with E-state index in [9.17, 15) is 9.59 Å². The fraction of sp³-hybridized carbons (Fsp3) is 0.692. The number of benzene rings is 1. The standard InChI is InChI=1S/C24H37NO3S.C2H6/c1-5-7-8-19(6-2)17-28-23(26)12-14-29-22-10-9-21-16-25(24(27)18(3)4)13-11-20(21)15-22;1-2/h9-10,15,18-19H,5-8,11-14,16-17H2,1-4H3;1-2H3. The zero-order chi connectivity index (χ0) is 23.2. The van der Waals surface area contributed by atoms with Gasteiger partial charge in [-0.3, -0.25) is 9.59 Å². The van der Waals surface area contributed by atoms with Crippen LogP contribution in [0.25, 0.3) is 0 Å². The first-order valence-electron chi connectivity index (χ1n) is 12.1. The van der Waals surface area contributed by atoms with Gasteiger partial charge in [-0.2, -0.15) is 0 Å². The fourth-order valence-corrected chi connectivity index (χ4v) is 4.50. The van der Waals surface area contributed by atoms with Crippen molar-refractivity contribution < 1.29 is 14.3 Å². The van der Waals surface area contributed by atoms with Crippen LogP contribution in [-0.2, 0) is 27.3 Å². The average Bonchev–Trinajstić information content (AvgIpc) is 2.79. The number of amides is 1. The molecule has 1 aliphatic rings. The summed E-state index contributed by atoms with van der Waals surface area (Å²) in [5.41, 5.74) is 2.57. The van der Waals surface area contributed by atoms with E-state index in [1.54, 1.807) is 11.8 Å². The molecule has 0 saturated heterocycles. The minimum absolute atomic E-state index is 0.0467. The molecule has 176 valence electrons. The second kappa shape index (κ2) is 15.3. The van der Waals surface area contributed by atoms with Crippen molar-refractivity contribution in [1.29, 1.82) is 0 Å². The van der Waals surface area contributed by atoms with Crippen molar-refractivity contribution >= 4 is 23.6 Å². The predicted octanol–water partition coefficient (Wildman–Crippen LogP) is 6.50. The van der Waals surface area contributed by atoms with Crippen LogP contribution in [0.3, 0.4) is 0 Å². The Labute approximate surface area is 194 Å². The van der Waals surface area contributed by atoms with E-state index >= 15 is 0 Å². The van der Waals surface area contributed by atoms with E-state index in [4.69, 9.17) is 4.74 Å². The maximum atomic E-state index is 12.2.